The summed E-state index contributed by atoms with van der Waals surface area (Å²) in [7, 11) is 1.58. The molecule has 4 rings (SSSR count). The lowest BCUT2D eigenvalue weighted by atomic mass is 9.95. The van der Waals surface area contributed by atoms with E-state index < -0.39 is 12.0 Å². The Morgan fingerprint density at radius 3 is 2.51 bits per heavy atom. The van der Waals surface area contributed by atoms with E-state index >= 15 is 0 Å². The second-order valence-corrected chi connectivity index (χ2v) is 9.03. The molecule has 0 unspecified atom stereocenters. The van der Waals surface area contributed by atoms with Gasteiger partial charge in [-0.1, -0.05) is 53.3 Å². The predicted molar refractivity (Wildman–Crippen MR) is 136 cm³/mol. The molecule has 0 radical (unpaired) electrons. The topological polar surface area (TPSA) is 79.1 Å². The largest absolute Gasteiger partial charge is 0.493 e. The van der Waals surface area contributed by atoms with Gasteiger partial charge in [-0.05, 0) is 45.4 Å². The van der Waals surface area contributed by atoms with Gasteiger partial charge < -0.3 is 14.2 Å². The summed E-state index contributed by atoms with van der Waals surface area (Å²) in [6, 6.07) is 12.7. The van der Waals surface area contributed by atoms with Crippen molar-refractivity contribution < 1.29 is 19.0 Å². The number of nitrogens with zero attached hydrogens (tertiary/aromatic N) is 2. The Balaban J connectivity index is 1.96. The second kappa shape index (κ2) is 10.3. The molecule has 1 aromatic heterocycles. The number of benzene rings is 2. The third-order valence-corrected chi connectivity index (χ3v) is 6.70. The zero-order valence-electron chi connectivity index (χ0n) is 20.5. The molecule has 8 heteroatoms. The average Bonchev–Trinajstić information content (AvgIpc) is 3.14. The molecule has 1 atom stereocenters. The van der Waals surface area contributed by atoms with E-state index in [1.54, 1.807) is 31.6 Å². The van der Waals surface area contributed by atoms with Gasteiger partial charge in [-0.2, -0.15) is 0 Å². The molecule has 0 bridgehead atoms. The normalized spacial score (nSPS) is 15.5. The van der Waals surface area contributed by atoms with Gasteiger partial charge >= 0.3 is 5.97 Å². The summed E-state index contributed by atoms with van der Waals surface area (Å²) in [6.45, 7) is 8.11. The zero-order chi connectivity index (χ0) is 25.1. The quantitative estimate of drug-likeness (QED) is 0.472. The molecule has 0 saturated heterocycles. The molecule has 7 nitrogen and oxygen atoms in total. The van der Waals surface area contributed by atoms with Crippen molar-refractivity contribution in [3.05, 3.63) is 90.1 Å². The number of hydrogen-bond donors (Lipinski definition) is 0. The Kier molecular flexibility index (Phi) is 7.21. The molecule has 1 aliphatic rings. The maximum Gasteiger partial charge on any atom is 0.338 e. The van der Waals surface area contributed by atoms with Crippen molar-refractivity contribution in [3.8, 4) is 11.5 Å². The Labute approximate surface area is 207 Å². The Hall–Kier alpha value is -3.65. The molecule has 0 fully saturated rings. The molecule has 1 aliphatic heterocycles. The van der Waals surface area contributed by atoms with Crippen molar-refractivity contribution in [1.29, 1.82) is 0 Å². The van der Waals surface area contributed by atoms with Crippen LogP contribution in [0.4, 0.5) is 0 Å². The molecule has 0 aliphatic carbocycles. The number of methoxy groups -OCH3 is 1. The van der Waals surface area contributed by atoms with E-state index in [1.807, 2.05) is 56.3 Å². The van der Waals surface area contributed by atoms with E-state index in [1.165, 1.54) is 11.3 Å². The molecule has 3 aromatic rings. The molecule has 0 amide bonds. The van der Waals surface area contributed by atoms with Crippen molar-refractivity contribution in [2.24, 2.45) is 4.99 Å². The number of carbonyl (C=O) groups excluding carboxylic acids is 1. The van der Waals surface area contributed by atoms with Gasteiger partial charge in [-0.15, -0.1) is 0 Å². The summed E-state index contributed by atoms with van der Waals surface area (Å²) >= 11 is 1.28. The van der Waals surface area contributed by atoms with E-state index in [0.717, 1.165) is 16.7 Å². The standard InChI is InChI=1S/C27H28N2O5S/c1-6-33-24-19(9-8-10-20(24)32-5)15-21-25(30)29-23(18-13-11-16(3)12-14-18)22(26(31)34-7-2)17(4)28-27(29)35-21/h8-15,23H,6-7H2,1-5H3/b21-15-/t23-/m1/s1. The monoisotopic (exact) mass is 492 g/mol. The lowest BCUT2D eigenvalue weighted by molar-refractivity contribution is -0.139. The number of para-hydroxylation sites is 1. The van der Waals surface area contributed by atoms with Gasteiger partial charge in [-0.3, -0.25) is 9.36 Å². The second-order valence-electron chi connectivity index (χ2n) is 8.02. The number of hydrogen-bond acceptors (Lipinski definition) is 7. The van der Waals surface area contributed by atoms with E-state index in [2.05, 4.69) is 4.99 Å². The summed E-state index contributed by atoms with van der Waals surface area (Å²) < 4.78 is 18.7. The Bertz CT molecular complexity index is 1460. The average molecular weight is 493 g/mol. The smallest absolute Gasteiger partial charge is 0.338 e. The van der Waals surface area contributed by atoms with E-state index in [4.69, 9.17) is 14.2 Å². The minimum Gasteiger partial charge on any atom is -0.493 e. The van der Waals surface area contributed by atoms with Crippen LogP contribution in [-0.2, 0) is 9.53 Å². The van der Waals surface area contributed by atoms with Gasteiger partial charge in [0, 0.05) is 5.56 Å². The SMILES string of the molecule is CCOC(=O)C1=C(C)N=c2s/c(=C\c3cccc(OC)c3OCC)c(=O)n2[C@@H]1c1ccc(C)cc1. The van der Waals surface area contributed by atoms with Crippen LogP contribution in [0.25, 0.3) is 6.08 Å². The van der Waals surface area contributed by atoms with Crippen molar-refractivity contribution in [2.45, 2.75) is 33.7 Å². The fourth-order valence-electron chi connectivity index (χ4n) is 4.10. The highest BCUT2D eigenvalue weighted by molar-refractivity contribution is 7.07. The number of aromatic nitrogens is 1. The number of rotatable bonds is 7. The number of aryl methyl sites for hydroxylation is 1. The van der Waals surface area contributed by atoms with Gasteiger partial charge in [-0.25, -0.2) is 9.79 Å². The fourth-order valence-corrected chi connectivity index (χ4v) is 5.14. The predicted octanol–water partition coefficient (Wildman–Crippen LogP) is 3.51. The summed E-state index contributed by atoms with van der Waals surface area (Å²) in [5.74, 6) is 0.688. The van der Waals surface area contributed by atoms with Crippen molar-refractivity contribution in [2.75, 3.05) is 20.3 Å². The molecular weight excluding hydrogens is 464 g/mol. The molecule has 0 saturated carbocycles. The minimum absolute atomic E-state index is 0.233. The maximum atomic E-state index is 13.8. The van der Waals surface area contributed by atoms with Crippen molar-refractivity contribution >= 4 is 23.4 Å². The first kappa shape index (κ1) is 24.5. The molecule has 182 valence electrons. The first-order valence-corrected chi connectivity index (χ1v) is 12.3. The van der Waals surface area contributed by atoms with Gasteiger partial charge in [0.05, 0.1) is 42.2 Å². The first-order chi connectivity index (χ1) is 16.9. The number of ether oxygens (including phenoxy) is 3. The van der Waals surface area contributed by atoms with Gasteiger partial charge in [0.1, 0.15) is 0 Å². The highest BCUT2D eigenvalue weighted by Gasteiger charge is 2.33. The fraction of sp³-hybridized carbons (Fsp3) is 0.296. The molecule has 35 heavy (non-hydrogen) atoms. The van der Waals surface area contributed by atoms with Crippen molar-refractivity contribution in [1.82, 2.24) is 4.57 Å². The van der Waals surface area contributed by atoms with Crippen LogP contribution in [-0.4, -0.2) is 30.9 Å². The Morgan fingerprint density at radius 2 is 1.86 bits per heavy atom. The first-order valence-electron chi connectivity index (χ1n) is 11.5. The molecule has 2 aromatic carbocycles. The lowest BCUT2D eigenvalue weighted by Gasteiger charge is -2.24. The summed E-state index contributed by atoms with van der Waals surface area (Å²) in [5, 5.41) is 0. The number of carbonyl (C=O) groups is 1. The van der Waals surface area contributed by atoms with E-state index in [9.17, 15) is 9.59 Å². The van der Waals surface area contributed by atoms with Gasteiger partial charge in [0.15, 0.2) is 16.3 Å². The summed E-state index contributed by atoms with van der Waals surface area (Å²) in [4.78, 5) is 31.9. The van der Waals surface area contributed by atoms with E-state index in [-0.39, 0.29) is 12.2 Å². The highest BCUT2D eigenvalue weighted by Crippen LogP contribution is 2.32. The Morgan fingerprint density at radius 1 is 1.11 bits per heavy atom. The van der Waals surface area contributed by atoms with Crippen LogP contribution >= 0.6 is 11.3 Å². The summed E-state index contributed by atoms with van der Waals surface area (Å²) in [5.41, 5.74) is 3.30. The molecule has 0 spiro atoms. The van der Waals surface area contributed by atoms with Gasteiger partial charge in [0.25, 0.3) is 5.56 Å². The van der Waals surface area contributed by atoms with E-state index in [0.29, 0.717) is 38.7 Å². The van der Waals surface area contributed by atoms with Crippen LogP contribution in [0.3, 0.4) is 0 Å². The van der Waals surface area contributed by atoms with Crippen LogP contribution in [0.5, 0.6) is 11.5 Å². The highest BCUT2D eigenvalue weighted by atomic mass is 32.1. The molecule has 0 N–H and O–H groups in total. The van der Waals surface area contributed by atoms with Crippen LogP contribution in [0.15, 0.2) is 63.5 Å². The lowest BCUT2D eigenvalue weighted by Crippen LogP contribution is -2.39. The number of fused-ring (bicyclic) bond motifs is 1. The van der Waals surface area contributed by atoms with Gasteiger partial charge in [0.2, 0.25) is 0 Å². The minimum atomic E-state index is -0.635. The zero-order valence-corrected chi connectivity index (χ0v) is 21.3. The molecular formula is C27H28N2O5S. The van der Waals surface area contributed by atoms with Crippen LogP contribution < -0.4 is 24.4 Å². The van der Waals surface area contributed by atoms with Crippen LogP contribution in [0.1, 0.15) is 43.5 Å². The van der Waals surface area contributed by atoms with Crippen LogP contribution in [0, 0.1) is 6.92 Å². The third kappa shape index (κ3) is 4.66. The number of allylic oxidation sites excluding steroid dienone is 1. The third-order valence-electron chi connectivity index (χ3n) is 5.71. The number of esters is 1. The van der Waals surface area contributed by atoms with Crippen LogP contribution in [0.2, 0.25) is 0 Å². The maximum absolute atomic E-state index is 13.8. The van der Waals surface area contributed by atoms with Crippen molar-refractivity contribution in [3.63, 3.8) is 0 Å². The summed E-state index contributed by atoms with van der Waals surface area (Å²) in [6.07, 6.45) is 1.78. The number of thiazole rings is 1. The molecule has 2 heterocycles.